The Hall–Kier alpha value is -0.610. The lowest BCUT2D eigenvalue weighted by molar-refractivity contribution is -0.182. The fraction of sp³-hybridized carbons (Fsp3) is 0.970. The van der Waals surface area contributed by atoms with Crippen molar-refractivity contribution in [1.29, 1.82) is 0 Å². The first-order valence-electron chi connectivity index (χ1n) is 16.3. The van der Waals surface area contributed by atoms with E-state index in [2.05, 4.69) is 27.7 Å². The first-order valence-corrected chi connectivity index (χ1v) is 16.3. The van der Waals surface area contributed by atoms with Crippen molar-refractivity contribution in [3.05, 3.63) is 0 Å². The number of ether oxygens (including phenoxy) is 3. The van der Waals surface area contributed by atoms with Gasteiger partial charge in [0.25, 0.3) is 0 Å². The first-order chi connectivity index (χ1) is 17.8. The molecule has 7 atom stereocenters. The predicted octanol–water partition coefficient (Wildman–Crippen LogP) is 8.75. The SMILES string of the molecule is CCCCCCCCCCCCCCCCCC(=O)OC1OC[C@]23O[C@H]2C2CC(C)(C)CC2[C@@]2(C)C[C@@]132. The van der Waals surface area contributed by atoms with Crippen LogP contribution in [0.5, 0.6) is 0 Å². The van der Waals surface area contributed by atoms with E-state index < -0.39 is 6.29 Å². The molecule has 0 amide bonds. The minimum absolute atomic E-state index is 0.0635. The van der Waals surface area contributed by atoms with E-state index in [-0.39, 0.29) is 22.4 Å². The smallest absolute Gasteiger partial charge is 0.308 e. The molecule has 37 heavy (non-hydrogen) atoms. The van der Waals surface area contributed by atoms with Crippen molar-refractivity contribution < 1.29 is 19.0 Å². The third-order valence-electron chi connectivity index (χ3n) is 11.4. The van der Waals surface area contributed by atoms with Gasteiger partial charge in [0, 0.05) is 6.42 Å². The van der Waals surface area contributed by atoms with Crippen molar-refractivity contribution in [2.75, 3.05) is 6.61 Å². The Morgan fingerprint density at radius 1 is 0.811 bits per heavy atom. The van der Waals surface area contributed by atoms with Crippen LogP contribution in [0.3, 0.4) is 0 Å². The molecule has 5 fully saturated rings. The van der Waals surface area contributed by atoms with Gasteiger partial charge in [-0.1, -0.05) is 118 Å². The number of hydrogen-bond acceptors (Lipinski definition) is 4. The summed E-state index contributed by atoms with van der Waals surface area (Å²) in [6.07, 6.45) is 24.2. The molecule has 3 saturated carbocycles. The molecular formula is C33H56O4. The standard InChI is InChI=1S/C33H56O4/c1-5-6-7-8-9-10-11-12-13-14-15-16-17-18-19-20-27(34)36-29-32-23-31(32,4)26-22-30(2,3)21-25(26)28-33(32,37-28)24-35-29/h25-26,28-29H,5-24H2,1-4H3/t25?,26?,28-,29?,31+,32-,33-/m0/s1. The number of unbranched alkanes of at least 4 members (excludes halogenated alkanes) is 14. The number of esters is 1. The number of fused-ring (bicyclic) bond motifs is 3. The molecule has 0 aromatic rings. The quantitative estimate of drug-likeness (QED) is 0.110. The monoisotopic (exact) mass is 516 g/mol. The molecule has 2 heterocycles. The molecule has 4 nitrogen and oxygen atoms in total. The zero-order valence-electron chi connectivity index (χ0n) is 24.6. The normalized spacial score (nSPS) is 40.0. The Bertz CT molecular complexity index is 793. The van der Waals surface area contributed by atoms with Gasteiger partial charge in [-0.25, -0.2) is 0 Å². The fourth-order valence-electron chi connectivity index (χ4n) is 9.33. The van der Waals surface area contributed by atoms with E-state index in [9.17, 15) is 4.79 Å². The van der Waals surface area contributed by atoms with Gasteiger partial charge in [-0.3, -0.25) is 4.79 Å². The molecule has 3 aliphatic carbocycles. The van der Waals surface area contributed by atoms with Crippen LogP contribution in [0.15, 0.2) is 0 Å². The summed E-state index contributed by atoms with van der Waals surface area (Å²) in [6, 6.07) is 0. The lowest BCUT2D eigenvalue weighted by Gasteiger charge is -2.37. The molecule has 0 N–H and O–H groups in total. The highest BCUT2D eigenvalue weighted by molar-refractivity contribution is 5.69. The van der Waals surface area contributed by atoms with E-state index in [0.29, 0.717) is 36.4 Å². The summed E-state index contributed by atoms with van der Waals surface area (Å²) >= 11 is 0. The van der Waals surface area contributed by atoms with Crippen molar-refractivity contribution in [3.8, 4) is 0 Å². The molecule has 3 unspecified atom stereocenters. The van der Waals surface area contributed by atoms with Crippen molar-refractivity contribution in [1.82, 2.24) is 0 Å². The highest BCUT2D eigenvalue weighted by Gasteiger charge is 2.95. The maximum absolute atomic E-state index is 12.8. The van der Waals surface area contributed by atoms with Crippen LogP contribution in [0.4, 0.5) is 0 Å². The van der Waals surface area contributed by atoms with Crippen LogP contribution in [-0.4, -0.2) is 30.6 Å². The summed E-state index contributed by atoms with van der Waals surface area (Å²) in [7, 11) is 0. The van der Waals surface area contributed by atoms with Gasteiger partial charge in [0.1, 0.15) is 5.60 Å². The summed E-state index contributed by atoms with van der Waals surface area (Å²) in [4.78, 5) is 12.8. The summed E-state index contributed by atoms with van der Waals surface area (Å²) in [5, 5.41) is 0. The van der Waals surface area contributed by atoms with Gasteiger partial charge in [-0.05, 0) is 48.3 Å². The van der Waals surface area contributed by atoms with E-state index in [1.54, 1.807) is 0 Å². The summed E-state index contributed by atoms with van der Waals surface area (Å²) in [5.74, 6) is 1.28. The molecule has 0 aromatic heterocycles. The maximum Gasteiger partial charge on any atom is 0.308 e. The molecule has 2 saturated heterocycles. The van der Waals surface area contributed by atoms with E-state index >= 15 is 0 Å². The molecule has 212 valence electrons. The number of rotatable bonds is 17. The summed E-state index contributed by atoms with van der Waals surface area (Å²) in [5.41, 5.74) is 0.350. The summed E-state index contributed by atoms with van der Waals surface area (Å²) in [6.45, 7) is 10.2. The second kappa shape index (κ2) is 11.1. The Morgan fingerprint density at radius 3 is 1.97 bits per heavy atom. The number of carbonyl (C=O) groups is 1. The number of hydrogen-bond donors (Lipinski definition) is 0. The Labute approximate surface area is 227 Å². The average molecular weight is 517 g/mol. The van der Waals surface area contributed by atoms with Crippen molar-refractivity contribution in [3.63, 3.8) is 0 Å². The first kappa shape index (κ1) is 27.9. The molecule has 5 rings (SSSR count). The minimum Gasteiger partial charge on any atom is -0.435 e. The zero-order valence-corrected chi connectivity index (χ0v) is 24.6. The van der Waals surface area contributed by atoms with Crippen LogP contribution in [0.1, 0.15) is 150 Å². The third kappa shape index (κ3) is 5.17. The van der Waals surface area contributed by atoms with Gasteiger partial charge in [0.15, 0.2) is 0 Å². The molecular weight excluding hydrogens is 460 g/mol. The molecule has 2 spiro atoms. The van der Waals surface area contributed by atoms with Gasteiger partial charge in [0.2, 0.25) is 6.29 Å². The Kier molecular flexibility index (Phi) is 8.39. The molecule has 0 bridgehead atoms. The molecule has 5 aliphatic rings. The van der Waals surface area contributed by atoms with E-state index in [0.717, 1.165) is 19.3 Å². The van der Waals surface area contributed by atoms with Crippen LogP contribution in [0.25, 0.3) is 0 Å². The van der Waals surface area contributed by atoms with E-state index in [1.807, 2.05) is 0 Å². The summed E-state index contributed by atoms with van der Waals surface area (Å²) < 4.78 is 18.8. The second-order valence-electron chi connectivity index (χ2n) is 14.7. The molecule has 2 aliphatic heterocycles. The van der Waals surface area contributed by atoms with Crippen molar-refractivity contribution >= 4 is 5.97 Å². The van der Waals surface area contributed by atoms with Crippen LogP contribution < -0.4 is 0 Å². The van der Waals surface area contributed by atoms with E-state index in [4.69, 9.17) is 14.2 Å². The van der Waals surface area contributed by atoms with E-state index in [1.165, 1.54) is 96.3 Å². The van der Waals surface area contributed by atoms with Gasteiger partial charge < -0.3 is 14.2 Å². The topological polar surface area (TPSA) is 48.1 Å². The number of carbonyl (C=O) groups excluding carboxylic acids is 1. The van der Waals surface area contributed by atoms with Crippen LogP contribution in [0, 0.1) is 28.1 Å². The molecule has 4 heteroatoms. The van der Waals surface area contributed by atoms with Crippen molar-refractivity contribution in [2.45, 2.75) is 168 Å². The highest BCUT2D eigenvalue weighted by Crippen LogP contribution is 2.88. The van der Waals surface area contributed by atoms with Gasteiger partial charge in [0.05, 0.1) is 18.1 Å². The molecule has 0 aromatic carbocycles. The van der Waals surface area contributed by atoms with Crippen molar-refractivity contribution in [2.24, 2.45) is 28.1 Å². The van der Waals surface area contributed by atoms with Gasteiger partial charge >= 0.3 is 5.97 Å². The Balaban J connectivity index is 0.928. The predicted molar refractivity (Wildman–Crippen MR) is 148 cm³/mol. The van der Waals surface area contributed by atoms with Gasteiger partial charge in [-0.2, -0.15) is 0 Å². The van der Waals surface area contributed by atoms with Crippen LogP contribution in [0.2, 0.25) is 0 Å². The zero-order chi connectivity index (χ0) is 26.2. The maximum atomic E-state index is 12.8. The second-order valence-corrected chi connectivity index (χ2v) is 14.7. The largest absolute Gasteiger partial charge is 0.435 e. The lowest BCUT2D eigenvalue weighted by atomic mass is 9.64. The fourth-order valence-corrected chi connectivity index (χ4v) is 9.33. The highest BCUT2D eigenvalue weighted by atomic mass is 16.7. The van der Waals surface area contributed by atoms with Crippen LogP contribution in [-0.2, 0) is 19.0 Å². The average Bonchev–Trinajstić information content (AvgIpc) is 3.67. The Morgan fingerprint density at radius 2 is 1.38 bits per heavy atom. The number of epoxide rings is 1. The minimum atomic E-state index is -0.393. The van der Waals surface area contributed by atoms with Gasteiger partial charge in [-0.15, -0.1) is 0 Å². The lowest BCUT2D eigenvalue weighted by Crippen LogP contribution is -2.46. The third-order valence-corrected chi connectivity index (χ3v) is 11.4. The molecule has 0 radical (unpaired) electrons. The van der Waals surface area contributed by atoms with Crippen LogP contribution >= 0.6 is 0 Å².